The van der Waals surface area contributed by atoms with Crippen LogP contribution < -0.4 is 4.72 Å². The van der Waals surface area contributed by atoms with Crippen molar-refractivity contribution in [3.05, 3.63) is 0 Å². The zero-order valence-electron chi connectivity index (χ0n) is 8.56. The number of aliphatic carboxylic acids is 1. The number of carboxylic acid groups (broad SMARTS) is 1. The van der Waals surface area contributed by atoms with Gasteiger partial charge in [-0.15, -0.1) is 0 Å². The third kappa shape index (κ3) is 2.46. The monoisotopic (exact) mass is 238 g/mol. The summed E-state index contributed by atoms with van der Waals surface area (Å²) < 4.78 is 31.0. The van der Waals surface area contributed by atoms with E-state index < -0.39 is 21.7 Å². The van der Waals surface area contributed by atoms with E-state index in [0.717, 1.165) is 4.31 Å². The Bertz CT molecular complexity index is 344. The summed E-state index contributed by atoms with van der Waals surface area (Å²) in [4.78, 5) is 11.0. The van der Waals surface area contributed by atoms with Crippen LogP contribution in [-0.2, 0) is 19.7 Å². The van der Waals surface area contributed by atoms with Gasteiger partial charge in [0, 0.05) is 27.1 Å². The van der Waals surface area contributed by atoms with Crippen molar-refractivity contribution in [3.63, 3.8) is 0 Å². The molecule has 1 heterocycles. The number of rotatable bonds is 4. The molecule has 88 valence electrons. The first-order valence-corrected chi connectivity index (χ1v) is 5.77. The first-order valence-electron chi connectivity index (χ1n) is 4.33. The third-order valence-corrected chi connectivity index (χ3v) is 3.85. The van der Waals surface area contributed by atoms with E-state index in [1.807, 2.05) is 0 Å². The number of hydrogen-bond acceptors (Lipinski definition) is 4. The van der Waals surface area contributed by atoms with Gasteiger partial charge in [0.1, 0.15) is 0 Å². The third-order valence-electron chi connectivity index (χ3n) is 2.24. The highest BCUT2D eigenvalue weighted by atomic mass is 32.2. The summed E-state index contributed by atoms with van der Waals surface area (Å²) in [6, 6.07) is 0. The van der Waals surface area contributed by atoms with E-state index in [2.05, 4.69) is 4.72 Å². The van der Waals surface area contributed by atoms with Crippen molar-refractivity contribution < 1.29 is 23.1 Å². The number of ether oxygens (including phenoxy) is 1. The van der Waals surface area contributed by atoms with Crippen LogP contribution in [0.25, 0.3) is 0 Å². The van der Waals surface area contributed by atoms with Gasteiger partial charge in [-0.3, -0.25) is 4.79 Å². The van der Waals surface area contributed by atoms with Crippen LogP contribution in [0.15, 0.2) is 0 Å². The Morgan fingerprint density at radius 3 is 2.47 bits per heavy atom. The lowest BCUT2D eigenvalue weighted by Gasteiger charge is -2.25. The van der Waals surface area contributed by atoms with E-state index in [-0.39, 0.29) is 19.6 Å². The van der Waals surface area contributed by atoms with E-state index in [1.165, 1.54) is 14.1 Å². The molecule has 0 aromatic rings. The molecule has 1 saturated heterocycles. The summed E-state index contributed by atoms with van der Waals surface area (Å²) in [6.45, 7) is 0.0949. The summed E-state index contributed by atoms with van der Waals surface area (Å²) >= 11 is 0. The van der Waals surface area contributed by atoms with Gasteiger partial charge in [-0.1, -0.05) is 0 Å². The maximum Gasteiger partial charge on any atom is 0.327 e. The van der Waals surface area contributed by atoms with Crippen molar-refractivity contribution in [1.82, 2.24) is 9.03 Å². The molecule has 1 fully saturated rings. The quantitative estimate of drug-likeness (QED) is 0.629. The van der Waals surface area contributed by atoms with E-state index in [9.17, 15) is 13.2 Å². The summed E-state index contributed by atoms with van der Waals surface area (Å²) in [5.74, 6) is -1.22. The Kier molecular flexibility index (Phi) is 3.34. The molecule has 1 atom stereocenters. The van der Waals surface area contributed by atoms with Gasteiger partial charge in [-0.25, -0.2) is 0 Å². The van der Waals surface area contributed by atoms with Gasteiger partial charge in [-0.2, -0.15) is 17.4 Å². The molecule has 0 radical (unpaired) electrons. The first-order chi connectivity index (χ1) is 6.80. The van der Waals surface area contributed by atoms with Crippen LogP contribution in [0.3, 0.4) is 0 Å². The van der Waals surface area contributed by atoms with Crippen LogP contribution in [0.2, 0.25) is 0 Å². The predicted octanol–water partition coefficient (Wildman–Crippen LogP) is -1.37. The Hall–Kier alpha value is -0.700. The number of carboxylic acids is 1. The van der Waals surface area contributed by atoms with Gasteiger partial charge < -0.3 is 9.84 Å². The average molecular weight is 238 g/mol. The topological polar surface area (TPSA) is 95.9 Å². The van der Waals surface area contributed by atoms with Gasteiger partial charge in [-0.05, 0) is 0 Å². The van der Waals surface area contributed by atoms with Crippen molar-refractivity contribution in [3.8, 4) is 0 Å². The maximum absolute atomic E-state index is 11.5. The number of nitrogens with zero attached hydrogens (tertiary/aromatic N) is 1. The van der Waals surface area contributed by atoms with Crippen LogP contribution in [0.4, 0.5) is 0 Å². The molecule has 0 bridgehead atoms. The van der Waals surface area contributed by atoms with Crippen molar-refractivity contribution in [2.45, 2.75) is 12.0 Å². The summed E-state index contributed by atoms with van der Waals surface area (Å²) in [5.41, 5.74) is -1.52. The minimum atomic E-state index is -3.76. The summed E-state index contributed by atoms with van der Waals surface area (Å²) in [7, 11) is -1.11. The first kappa shape index (κ1) is 12.4. The fourth-order valence-electron chi connectivity index (χ4n) is 1.20. The molecule has 8 heteroatoms. The highest BCUT2D eigenvalue weighted by Gasteiger charge is 2.46. The number of carbonyl (C=O) groups is 1. The van der Waals surface area contributed by atoms with Crippen LogP contribution in [0, 0.1) is 0 Å². The minimum Gasteiger partial charge on any atom is -0.480 e. The van der Waals surface area contributed by atoms with E-state index in [0.29, 0.717) is 0 Å². The van der Waals surface area contributed by atoms with Gasteiger partial charge >= 0.3 is 5.97 Å². The second kappa shape index (κ2) is 4.05. The molecule has 15 heavy (non-hydrogen) atoms. The standard InChI is InChI=1S/C7H14N2O5S/c1-9(2)15(12,13)8-7(6(10)11)3-4-14-5-7/h8H,3-5H2,1-2H3,(H,10,11). The fraction of sp³-hybridized carbons (Fsp3) is 0.857. The van der Waals surface area contributed by atoms with Gasteiger partial charge in [0.2, 0.25) is 0 Å². The molecule has 0 saturated carbocycles. The van der Waals surface area contributed by atoms with Gasteiger partial charge in [0.25, 0.3) is 10.2 Å². The van der Waals surface area contributed by atoms with Crippen molar-refractivity contribution in [2.24, 2.45) is 0 Å². The van der Waals surface area contributed by atoms with Crippen molar-refractivity contribution >= 4 is 16.2 Å². The molecule has 1 unspecified atom stereocenters. The molecule has 0 aromatic carbocycles. The maximum atomic E-state index is 11.5. The number of nitrogens with one attached hydrogen (secondary N) is 1. The van der Waals surface area contributed by atoms with Crippen LogP contribution in [-0.4, -0.2) is 56.6 Å². The van der Waals surface area contributed by atoms with E-state index in [4.69, 9.17) is 9.84 Å². The zero-order chi connectivity index (χ0) is 11.7. The molecule has 0 spiro atoms. The average Bonchev–Trinajstić information content (AvgIpc) is 2.53. The smallest absolute Gasteiger partial charge is 0.327 e. The molecule has 0 aliphatic carbocycles. The van der Waals surface area contributed by atoms with Crippen molar-refractivity contribution in [2.75, 3.05) is 27.3 Å². The molecular formula is C7H14N2O5S. The lowest BCUT2D eigenvalue weighted by atomic mass is 10.0. The van der Waals surface area contributed by atoms with Gasteiger partial charge in [0.15, 0.2) is 5.54 Å². The highest BCUT2D eigenvalue weighted by molar-refractivity contribution is 7.87. The minimum absolute atomic E-state index is 0.134. The second-order valence-electron chi connectivity index (χ2n) is 3.58. The van der Waals surface area contributed by atoms with Crippen LogP contribution >= 0.6 is 0 Å². The normalized spacial score (nSPS) is 27.1. The zero-order valence-corrected chi connectivity index (χ0v) is 9.37. The molecule has 2 N–H and O–H groups in total. The lowest BCUT2D eigenvalue weighted by Crippen LogP contribution is -2.57. The molecule has 7 nitrogen and oxygen atoms in total. The van der Waals surface area contributed by atoms with Gasteiger partial charge in [0.05, 0.1) is 6.61 Å². The Labute approximate surface area is 88.2 Å². The fourth-order valence-corrected chi connectivity index (χ4v) is 2.12. The van der Waals surface area contributed by atoms with E-state index in [1.54, 1.807) is 0 Å². The molecule has 1 aliphatic rings. The molecular weight excluding hydrogens is 224 g/mol. The Morgan fingerprint density at radius 1 is 1.53 bits per heavy atom. The number of hydrogen-bond donors (Lipinski definition) is 2. The molecule has 1 aliphatic heterocycles. The Morgan fingerprint density at radius 2 is 2.13 bits per heavy atom. The SMILES string of the molecule is CN(C)S(=O)(=O)NC1(C(=O)O)CCOC1. The van der Waals surface area contributed by atoms with Crippen LogP contribution in [0.1, 0.15) is 6.42 Å². The Balaban J connectivity index is 2.90. The molecule has 0 amide bonds. The summed E-state index contributed by atoms with van der Waals surface area (Å²) in [6.07, 6.45) is 0.134. The molecule has 1 rings (SSSR count). The highest BCUT2D eigenvalue weighted by Crippen LogP contribution is 2.20. The van der Waals surface area contributed by atoms with E-state index >= 15 is 0 Å². The second-order valence-corrected chi connectivity index (χ2v) is 5.46. The predicted molar refractivity (Wildman–Crippen MR) is 51.5 cm³/mol. The molecule has 0 aromatic heterocycles. The summed E-state index contributed by atoms with van der Waals surface area (Å²) in [5, 5.41) is 8.98. The largest absolute Gasteiger partial charge is 0.480 e. The lowest BCUT2D eigenvalue weighted by molar-refractivity contribution is -0.144. The van der Waals surface area contributed by atoms with Crippen molar-refractivity contribution in [1.29, 1.82) is 0 Å². The van der Waals surface area contributed by atoms with Crippen LogP contribution in [0.5, 0.6) is 0 Å².